The molecule has 2 heterocycles. The Kier molecular flexibility index (Phi) is 6.31. The number of nitrogens with zero attached hydrogens (tertiary/aromatic N) is 2. The third-order valence-corrected chi connectivity index (χ3v) is 6.64. The molecule has 0 spiro atoms. The Morgan fingerprint density at radius 2 is 1.82 bits per heavy atom. The summed E-state index contributed by atoms with van der Waals surface area (Å²) >= 11 is 0. The largest absolute Gasteiger partial charge is 0.490 e. The molecule has 2 N–H and O–H groups in total. The first kappa shape index (κ1) is 21.5. The zero-order valence-electron chi connectivity index (χ0n) is 19.5. The normalized spacial score (nSPS) is 15.1. The molecule has 1 saturated heterocycles. The summed E-state index contributed by atoms with van der Waals surface area (Å²) in [5.41, 5.74) is 6.95. The van der Waals surface area contributed by atoms with Gasteiger partial charge in [0.2, 0.25) is 0 Å². The number of hydrogen-bond donors (Lipinski definition) is 2. The van der Waals surface area contributed by atoms with Crippen LogP contribution in [0.4, 0.5) is 5.69 Å². The maximum absolute atomic E-state index is 6.21. The van der Waals surface area contributed by atoms with E-state index in [-0.39, 0.29) is 0 Å². The van der Waals surface area contributed by atoms with E-state index in [0.29, 0.717) is 6.10 Å². The zero-order valence-corrected chi connectivity index (χ0v) is 19.5. The smallest absolute Gasteiger partial charge is 0.119 e. The van der Waals surface area contributed by atoms with Crippen molar-refractivity contribution in [2.45, 2.75) is 32.3 Å². The van der Waals surface area contributed by atoms with E-state index in [1.165, 1.54) is 11.1 Å². The molecule has 0 radical (unpaired) electrons. The number of likely N-dealkylation sites (tertiary alicyclic amines) is 1. The summed E-state index contributed by atoms with van der Waals surface area (Å²) in [6.45, 7) is 5.27. The maximum Gasteiger partial charge on any atom is 0.119 e. The Labute approximate surface area is 195 Å². The quantitative estimate of drug-likeness (QED) is 0.389. The van der Waals surface area contributed by atoms with Crippen molar-refractivity contribution in [3.63, 3.8) is 0 Å². The minimum atomic E-state index is 0.312. The Hall–Kier alpha value is -3.31. The molecular formula is C28H32N4O. The second-order valence-electron chi connectivity index (χ2n) is 9.08. The van der Waals surface area contributed by atoms with Crippen LogP contribution in [0.15, 0.2) is 66.7 Å². The van der Waals surface area contributed by atoms with Crippen LogP contribution in [0.3, 0.4) is 0 Å². The van der Waals surface area contributed by atoms with Gasteiger partial charge >= 0.3 is 0 Å². The molecule has 1 fully saturated rings. The lowest BCUT2D eigenvalue weighted by atomic mass is 10.1. The van der Waals surface area contributed by atoms with Gasteiger partial charge in [-0.15, -0.1) is 0 Å². The van der Waals surface area contributed by atoms with Crippen molar-refractivity contribution >= 4 is 16.6 Å². The molecule has 5 nitrogen and oxygen atoms in total. The summed E-state index contributed by atoms with van der Waals surface area (Å²) in [5, 5.41) is 12.5. The van der Waals surface area contributed by atoms with Crippen molar-refractivity contribution in [1.29, 1.82) is 0 Å². The number of aryl methyl sites for hydroxylation is 1. The van der Waals surface area contributed by atoms with Crippen molar-refractivity contribution in [2.24, 2.45) is 0 Å². The number of hydrogen-bond acceptors (Lipinski definition) is 4. The molecule has 1 aliphatic heterocycles. The number of benzene rings is 3. The van der Waals surface area contributed by atoms with Gasteiger partial charge in [-0.2, -0.15) is 5.10 Å². The SMILES string of the molecule is Cc1ccccc1CCNc1ccc2[nH]nc(-c3ccc(OC4CCN(C)CC4)cc3)c2c1. The number of aromatic amines is 1. The van der Waals surface area contributed by atoms with Crippen molar-refractivity contribution in [2.75, 3.05) is 32.0 Å². The Morgan fingerprint density at radius 3 is 2.61 bits per heavy atom. The monoisotopic (exact) mass is 440 g/mol. The average molecular weight is 441 g/mol. The van der Waals surface area contributed by atoms with Crippen LogP contribution < -0.4 is 10.1 Å². The summed E-state index contributed by atoms with van der Waals surface area (Å²) in [5.74, 6) is 0.937. The maximum atomic E-state index is 6.21. The summed E-state index contributed by atoms with van der Waals surface area (Å²) in [7, 11) is 2.17. The van der Waals surface area contributed by atoms with E-state index in [1.54, 1.807) is 0 Å². The molecule has 0 aliphatic carbocycles. The molecule has 5 heteroatoms. The van der Waals surface area contributed by atoms with E-state index in [2.05, 4.69) is 101 Å². The lowest BCUT2D eigenvalue weighted by Gasteiger charge is -2.29. The van der Waals surface area contributed by atoms with Crippen molar-refractivity contribution in [3.05, 3.63) is 77.9 Å². The number of anilines is 1. The number of aromatic nitrogens is 2. The van der Waals surface area contributed by atoms with Crippen molar-refractivity contribution in [3.8, 4) is 17.0 Å². The number of ether oxygens (including phenoxy) is 1. The van der Waals surface area contributed by atoms with Crippen LogP contribution in [0.2, 0.25) is 0 Å². The number of H-pyrrole nitrogens is 1. The molecule has 1 aromatic heterocycles. The van der Waals surface area contributed by atoms with Gasteiger partial charge in [0, 0.05) is 36.3 Å². The highest BCUT2D eigenvalue weighted by molar-refractivity contribution is 5.94. The Bertz CT molecular complexity index is 1210. The van der Waals surface area contributed by atoms with Gasteiger partial charge in [0.15, 0.2) is 0 Å². The van der Waals surface area contributed by atoms with Crippen molar-refractivity contribution < 1.29 is 4.74 Å². The third kappa shape index (κ3) is 5.04. The standard InChI is InChI=1S/C28H32N4O/c1-20-5-3-4-6-21(20)13-16-29-23-9-12-27-26(19-23)28(31-30-27)22-7-10-24(11-8-22)33-25-14-17-32(2)18-15-25/h3-12,19,25,29H,13-18H2,1-2H3,(H,30,31). The second-order valence-corrected chi connectivity index (χ2v) is 9.08. The molecule has 5 rings (SSSR count). The predicted molar refractivity (Wildman–Crippen MR) is 136 cm³/mol. The molecule has 0 unspecified atom stereocenters. The third-order valence-electron chi connectivity index (χ3n) is 6.64. The fourth-order valence-electron chi connectivity index (χ4n) is 4.56. The summed E-state index contributed by atoms with van der Waals surface area (Å²) in [6.07, 6.45) is 3.48. The first-order valence-corrected chi connectivity index (χ1v) is 11.9. The van der Waals surface area contributed by atoms with Crippen LogP contribution in [-0.2, 0) is 6.42 Å². The van der Waals surface area contributed by atoms with E-state index in [9.17, 15) is 0 Å². The van der Waals surface area contributed by atoms with Crippen LogP contribution in [0.5, 0.6) is 5.75 Å². The molecule has 170 valence electrons. The summed E-state index contributed by atoms with van der Waals surface area (Å²) < 4.78 is 6.21. The lowest BCUT2D eigenvalue weighted by Crippen LogP contribution is -2.35. The highest BCUT2D eigenvalue weighted by Gasteiger charge is 2.18. The van der Waals surface area contributed by atoms with Gasteiger partial charge in [-0.25, -0.2) is 0 Å². The van der Waals surface area contributed by atoms with Crippen LogP contribution in [0.25, 0.3) is 22.2 Å². The Balaban J connectivity index is 1.27. The minimum absolute atomic E-state index is 0.312. The molecule has 1 aliphatic rings. The molecule has 0 amide bonds. The fourth-order valence-corrected chi connectivity index (χ4v) is 4.56. The number of fused-ring (bicyclic) bond motifs is 1. The highest BCUT2D eigenvalue weighted by atomic mass is 16.5. The van der Waals surface area contributed by atoms with Crippen LogP contribution >= 0.6 is 0 Å². The van der Waals surface area contributed by atoms with E-state index in [0.717, 1.165) is 72.5 Å². The van der Waals surface area contributed by atoms with Gasteiger partial charge in [0.05, 0.1) is 11.2 Å². The molecule has 0 saturated carbocycles. The predicted octanol–water partition coefficient (Wildman–Crippen LogP) is 5.67. The van der Waals surface area contributed by atoms with Gasteiger partial charge < -0.3 is 15.0 Å². The molecule has 0 bridgehead atoms. The zero-order chi connectivity index (χ0) is 22.6. The van der Waals surface area contributed by atoms with Gasteiger partial charge in [-0.1, -0.05) is 24.3 Å². The first-order valence-electron chi connectivity index (χ1n) is 11.9. The average Bonchev–Trinajstić information content (AvgIpc) is 3.26. The van der Waals surface area contributed by atoms with Gasteiger partial charge in [-0.3, -0.25) is 5.10 Å². The molecule has 3 aromatic carbocycles. The first-order chi connectivity index (χ1) is 16.2. The van der Waals surface area contributed by atoms with E-state index in [4.69, 9.17) is 4.74 Å². The molecular weight excluding hydrogens is 408 g/mol. The fraction of sp³-hybridized carbons (Fsp3) is 0.321. The topological polar surface area (TPSA) is 53.2 Å². The van der Waals surface area contributed by atoms with Gasteiger partial charge in [0.1, 0.15) is 11.9 Å². The molecule has 0 atom stereocenters. The van der Waals surface area contributed by atoms with Crippen LogP contribution in [-0.4, -0.2) is 47.9 Å². The summed E-state index contributed by atoms with van der Waals surface area (Å²) in [4.78, 5) is 2.36. The van der Waals surface area contributed by atoms with E-state index >= 15 is 0 Å². The Morgan fingerprint density at radius 1 is 1.03 bits per heavy atom. The number of rotatable bonds is 7. The number of nitrogens with one attached hydrogen (secondary N) is 2. The van der Waals surface area contributed by atoms with Gasteiger partial charge in [0.25, 0.3) is 0 Å². The van der Waals surface area contributed by atoms with E-state index in [1.807, 2.05) is 0 Å². The second kappa shape index (κ2) is 9.67. The molecule has 33 heavy (non-hydrogen) atoms. The lowest BCUT2D eigenvalue weighted by molar-refractivity contribution is 0.114. The number of piperidine rings is 1. The summed E-state index contributed by atoms with van der Waals surface area (Å²) in [6, 6.07) is 23.3. The van der Waals surface area contributed by atoms with Gasteiger partial charge in [-0.05, 0) is 86.8 Å². The minimum Gasteiger partial charge on any atom is -0.490 e. The molecule has 4 aromatic rings. The van der Waals surface area contributed by atoms with Crippen LogP contribution in [0, 0.1) is 6.92 Å². The van der Waals surface area contributed by atoms with E-state index < -0.39 is 0 Å². The highest BCUT2D eigenvalue weighted by Crippen LogP contribution is 2.30. The van der Waals surface area contributed by atoms with Crippen molar-refractivity contribution in [1.82, 2.24) is 15.1 Å². The van der Waals surface area contributed by atoms with Crippen LogP contribution in [0.1, 0.15) is 24.0 Å².